The van der Waals surface area contributed by atoms with Crippen molar-refractivity contribution in [1.29, 1.82) is 0 Å². The number of rotatable bonds is 2. The van der Waals surface area contributed by atoms with Crippen molar-refractivity contribution >= 4 is 11.6 Å². The van der Waals surface area contributed by atoms with Crippen molar-refractivity contribution in [3.63, 3.8) is 0 Å². The van der Waals surface area contributed by atoms with Crippen molar-refractivity contribution < 1.29 is 22.4 Å². The Labute approximate surface area is 108 Å². The molecule has 1 aliphatic heterocycles. The van der Waals surface area contributed by atoms with Crippen LogP contribution < -0.4 is 4.90 Å². The normalized spacial score (nSPS) is 16.2. The molecule has 2 rings (SSSR count). The number of alkyl halides is 4. The van der Waals surface area contributed by atoms with E-state index >= 15 is 0 Å². The summed E-state index contributed by atoms with van der Waals surface area (Å²) in [6.45, 7) is 0.0398. The molecule has 0 aromatic heterocycles. The minimum absolute atomic E-state index is 0.0398. The molecule has 2 nitrogen and oxygen atoms in total. The number of anilines is 1. The van der Waals surface area contributed by atoms with Gasteiger partial charge in [-0.15, -0.1) is 0 Å². The van der Waals surface area contributed by atoms with Gasteiger partial charge in [0.2, 0.25) is 0 Å². The Kier molecular flexibility index (Phi) is 3.78. The maximum absolute atomic E-state index is 13.2. The molecule has 1 aromatic rings. The summed E-state index contributed by atoms with van der Waals surface area (Å²) in [6.07, 6.45) is -2.09. The zero-order valence-electron chi connectivity index (χ0n) is 10.1. The van der Waals surface area contributed by atoms with Crippen LogP contribution in [0.2, 0.25) is 0 Å². The molecule has 0 radical (unpaired) electrons. The average molecular weight is 275 g/mol. The summed E-state index contributed by atoms with van der Waals surface area (Å²) < 4.78 is 51.0. The van der Waals surface area contributed by atoms with E-state index in [0.29, 0.717) is 18.5 Å². The Hall–Kier alpha value is -1.59. The Morgan fingerprint density at radius 3 is 2.58 bits per heavy atom. The second-order valence-electron chi connectivity index (χ2n) is 4.47. The van der Waals surface area contributed by atoms with E-state index in [1.165, 1.54) is 6.07 Å². The van der Waals surface area contributed by atoms with Crippen molar-refractivity contribution in [3.05, 3.63) is 29.8 Å². The molecule has 0 bridgehead atoms. The number of hydrogen-bond donors (Lipinski definition) is 0. The molecule has 0 saturated heterocycles. The molecular weight excluding hydrogens is 262 g/mol. The fraction of sp³-hybridized carbons (Fsp3) is 0.462. The van der Waals surface area contributed by atoms with Crippen LogP contribution in [0.15, 0.2) is 24.3 Å². The van der Waals surface area contributed by atoms with Gasteiger partial charge in [0.25, 0.3) is 0 Å². The first-order valence-electron chi connectivity index (χ1n) is 6.00. The van der Waals surface area contributed by atoms with Crippen molar-refractivity contribution in [2.75, 3.05) is 11.4 Å². The fourth-order valence-electron chi connectivity index (χ4n) is 2.18. The molecule has 1 heterocycles. The highest BCUT2D eigenvalue weighted by atomic mass is 19.3. The summed E-state index contributed by atoms with van der Waals surface area (Å²) in [5, 5.41) is 0. The molecule has 1 aliphatic rings. The first kappa shape index (κ1) is 13.8. The zero-order chi connectivity index (χ0) is 14.0. The van der Waals surface area contributed by atoms with Crippen LogP contribution in [0.4, 0.5) is 23.2 Å². The lowest BCUT2D eigenvalue weighted by atomic mass is 10.1. The Bertz CT molecular complexity index is 475. The molecule has 0 saturated carbocycles. The van der Waals surface area contributed by atoms with Crippen LogP contribution in [0.25, 0.3) is 0 Å². The van der Waals surface area contributed by atoms with Crippen LogP contribution in [0.3, 0.4) is 0 Å². The minimum atomic E-state index is -4.64. The van der Waals surface area contributed by atoms with Gasteiger partial charge >= 0.3 is 18.3 Å². The second kappa shape index (κ2) is 5.19. The Balaban J connectivity index is 2.37. The third-order valence-electron chi connectivity index (χ3n) is 3.16. The lowest BCUT2D eigenvalue weighted by Crippen LogP contribution is -2.48. The highest BCUT2D eigenvalue weighted by Crippen LogP contribution is 2.32. The molecule has 104 valence electrons. The van der Waals surface area contributed by atoms with Gasteiger partial charge in [0.15, 0.2) is 0 Å². The van der Waals surface area contributed by atoms with E-state index in [1.54, 1.807) is 18.2 Å². The molecule has 6 heteroatoms. The van der Waals surface area contributed by atoms with Gasteiger partial charge in [0.05, 0.1) is 0 Å². The van der Waals surface area contributed by atoms with E-state index in [2.05, 4.69) is 0 Å². The fourth-order valence-corrected chi connectivity index (χ4v) is 2.18. The van der Waals surface area contributed by atoms with Gasteiger partial charge < -0.3 is 4.90 Å². The summed E-state index contributed by atoms with van der Waals surface area (Å²) in [5.74, 6) is -6.46. The maximum atomic E-state index is 13.2. The topological polar surface area (TPSA) is 20.3 Å². The van der Waals surface area contributed by atoms with Crippen molar-refractivity contribution in [1.82, 2.24) is 0 Å². The molecule has 0 spiro atoms. The lowest BCUT2D eigenvalue weighted by Gasteiger charge is -2.26. The monoisotopic (exact) mass is 275 g/mol. The molecule has 1 aromatic carbocycles. The van der Waals surface area contributed by atoms with Crippen LogP contribution in [0.1, 0.15) is 18.4 Å². The number of carbonyl (C=O) groups is 1. The number of amides is 1. The molecule has 0 aliphatic carbocycles. The smallest absolute Gasteiger partial charge is 0.307 e. The number of fused-ring (bicyclic) bond motifs is 1. The largest absolute Gasteiger partial charge is 0.384 e. The van der Waals surface area contributed by atoms with E-state index in [4.69, 9.17) is 0 Å². The SMILES string of the molecule is O=C(N1CCCCc2ccccc21)C(F)(F)C(F)F. The third-order valence-corrected chi connectivity index (χ3v) is 3.16. The van der Waals surface area contributed by atoms with E-state index in [-0.39, 0.29) is 6.54 Å². The number of hydrogen-bond acceptors (Lipinski definition) is 1. The van der Waals surface area contributed by atoms with E-state index < -0.39 is 18.3 Å². The molecule has 0 fully saturated rings. The summed E-state index contributed by atoms with van der Waals surface area (Å²) in [7, 11) is 0. The van der Waals surface area contributed by atoms with Crippen LogP contribution >= 0.6 is 0 Å². The van der Waals surface area contributed by atoms with Gasteiger partial charge in [0, 0.05) is 12.2 Å². The third kappa shape index (κ3) is 2.57. The number of aryl methyl sites for hydroxylation is 1. The summed E-state index contributed by atoms with van der Waals surface area (Å²) in [4.78, 5) is 12.5. The highest BCUT2D eigenvalue weighted by Gasteiger charge is 2.51. The van der Waals surface area contributed by atoms with Crippen LogP contribution in [-0.2, 0) is 11.2 Å². The van der Waals surface area contributed by atoms with Crippen LogP contribution in [-0.4, -0.2) is 24.8 Å². The molecule has 0 atom stereocenters. The van der Waals surface area contributed by atoms with E-state index in [0.717, 1.165) is 16.9 Å². The van der Waals surface area contributed by atoms with Crippen LogP contribution in [0, 0.1) is 0 Å². The van der Waals surface area contributed by atoms with Gasteiger partial charge in [0.1, 0.15) is 0 Å². The predicted molar refractivity (Wildman–Crippen MR) is 62.7 cm³/mol. The Morgan fingerprint density at radius 1 is 1.21 bits per heavy atom. The predicted octanol–water partition coefficient (Wildman–Crippen LogP) is 3.26. The van der Waals surface area contributed by atoms with Gasteiger partial charge in [-0.3, -0.25) is 4.79 Å². The first-order valence-corrected chi connectivity index (χ1v) is 6.00. The summed E-state index contributed by atoms with van der Waals surface area (Å²) >= 11 is 0. The zero-order valence-corrected chi connectivity index (χ0v) is 10.1. The number of carbonyl (C=O) groups excluding carboxylic acids is 1. The summed E-state index contributed by atoms with van der Waals surface area (Å²) in [6, 6.07) is 6.57. The van der Waals surface area contributed by atoms with Crippen molar-refractivity contribution in [2.24, 2.45) is 0 Å². The van der Waals surface area contributed by atoms with E-state index in [9.17, 15) is 22.4 Å². The maximum Gasteiger partial charge on any atom is 0.384 e. The lowest BCUT2D eigenvalue weighted by molar-refractivity contribution is -0.166. The minimum Gasteiger partial charge on any atom is -0.307 e. The average Bonchev–Trinajstić information content (AvgIpc) is 2.59. The first-order chi connectivity index (χ1) is 8.94. The van der Waals surface area contributed by atoms with Gasteiger partial charge in [-0.2, -0.15) is 8.78 Å². The molecule has 0 unspecified atom stereocenters. The van der Waals surface area contributed by atoms with Gasteiger partial charge in [-0.05, 0) is 30.9 Å². The number of benzene rings is 1. The second-order valence-corrected chi connectivity index (χ2v) is 4.47. The molecule has 0 N–H and O–H groups in total. The van der Waals surface area contributed by atoms with Crippen LogP contribution in [0.5, 0.6) is 0 Å². The number of nitrogens with zero attached hydrogens (tertiary/aromatic N) is 1. The molecular formula is C13H13F4NO. The molecule has 1 amide bonds. The quantitative estimate of drug-likeness (QED) is 0.759. The van der Waals surface area contributed by atoms with Crippen molar-refractivity contribution in [3.8, 4) is 0 Å². The van der Waals surface area contributed by atoms with Crippen molar-refractivity contribution in [2.45, 2.75) is 31.6 Å². The molecule has 19 heavy (non-hydrogen) atoms. The van der Waals surface area contributed by atoms with Gasteiger partial charge in [-0.1, -0.05) is 18.2 Å². The van der Waals surface area contributed by atoms with Gasteiger partial charge in [-0.25, -0.2) is 8.78 Å². The van der Waals surface area contributed by atoms with E-state index in [1.807, 2.05) is 0 Å². The summed E-state index contributed by atoms with van der Waals surface area (Å²) in [5.41, 5.74) is 1.05. The number of halogens is 4. The standard InChI is InChI=1S/C13H13F4NO/c14-11(15)13(16,17)12(19)18-8-4-3-6-9-5-1-2-7-10(9)18/h1-2,5,7,11H,3-4,6,8H2. The number of para-hydroxylation sites is 1. The Morgan fingerprint density at radius 2 is 1.89 bits per heavy atom. The highest BCUT2D eigenvalue weighted by molar-refractivity contribution is 5.99.